The van der Waals surface area contributed by atoms with Gasteiger partial charge in [0.05, 0.1) is 5.56 Å². The van der Waals surface area contributed by atoms with Crippen molar-refractivity contribution in [3.63, 3.8) is 0 Å². The molecule has 2 N–H and O–H groups in total. The van der Waals surface area contributed by atoms with Crippen LogP contribution in [0, 0.1) is 0 Å². The number of anilines is 1. The van der Waals surface area contributed by atoms with E-state index in [1.54, 1.807) is 42.5 Å². The molecule has 0 unspecified atom stereocenters. The summed E-state index contributed by atoms with van der Waals surface area (Å²) in [6.45, 7) is 1.65. The van der Waals surface area contributed by atoms with Gasteiger partial charge in [0.1, 0.15) is 0 Å². The van der Waals surface area contributed by atoms with Crippen molar-refractivity contribution >= 4 is 50.8 Å². The maximum atomic E-state index is 12.5. The Morgan fingerprint density at radius 3 is 2.30 bits per heavy atom. The monoisotopic (exact) mass is 445 g/mol. The van der Waals surface area contributed by atoms with E-state index in [0.29, 0.717) is 21.3 Å². The Bertz CT molecular complexity index is 849. The van der Waals surface area contributed by atoms with E-state index in [1.165, 1.54) is 6.42 Å². The van der Waals surface area contributed by atoms with E-state index in [2.05, 4.69) is 26.6 Å². The molecule has 0 saturated carbocycles. The Morgan fingerprint density at radius 2 is 1.63 bits per heavy atom. The van der Waals surface area contributed by atoms with Gasteiger partial charge in [0.25, 0.3) is 11.8 Å². The first-order chi connectivity index (χ1) is 13.0. The molecule has 1 fully saturated rings. The number of rotatable bonds is 3. The molecular formula is C20H20BrN3O2S. The lowest BCUT2D eigenvalue weighted by Gasteiger charge is -2.26. The van der Waals surface area contributed by atoms with Crippen LogP contribution in [0.25, 0.3) is 0 Å². The number of likely N-dealkylation sites (tertiary alicyclic amines) is 1. The number of halogens is 1. The summed E-state index contributed by atoms with van der Waals surface area (Å²) < 4.78 is 0.700. The molecule has 0 aromatic heterocycles. The summed E-state index contributed by atoms with van der Waals surface area (Å²) in [7, 11) is 0. The first-order valence-corrected chi connectivity index (χ1v) is 10.0. The number of hydrogen-bond donors (Lipinski definition) is 2. The molecule has 1 saturated heterocycles. The van der Waals surface area contributed by atoms with Gasteiger partial charge in [-0.1, -0.05) is 12.1 Å². The Balaban J connectivity index is 1.57. The minimum absolute atomic E-state index is 0.0612. The summed E-state index contributed by atoms with van der Waals surface area (Å²) in [5, 5.41) is 5.82. The average molecular weight is 446 g/mol. The quantitative estimate of drug-likeness (QED) is 0.694. The minimum atomic E-state index is -0.295. The van der Waals surface area contributed by atoms with E-state index in [-0.39, 0.29) is 16.9 Å². The fraction of sp³-hybridized carbons (Fsp3) is 0.250. The van der Waals surface area contributed by atoms with Crippen molar-refractivity contribution in [2.75, 3.05) is 18.4 Å². The van der Waals surface area contributed by atoms with Crippen LogP contribution in [0.5, 0.6) is 0 Å². The molecule has 1 aliphatic heterocycles. The molecule has 0 atom stereocenters. The Morgan fingerprint density at radius 1 is 0.963 bits per heavy atom. The smallest absolute Gasteiger partial charge is 0.258 e. The summed E-state index contributed by atoms with van der Waals surface area (Å²) in [4.78, 5) is 26.6. The highest BCUT2D eigenvalue weighted by Gasteiger charge is 2.18. The van der Waals surface area contributed by atoms with Crippen LogP contribution in [0.2, 0.25) is 0 Å². The maximum Gasteiger partial charge on any atom is 0.258 e. The number of carbonyl (C=O) groups excluding carboxylic acids is 2. The molecule has 0 aliphatic carbocycles. The number of carbonyl (C=O) groups is 2. The summed E-state index contributed by atoms with van der Waals surface area (Å²) in [6.07, 6.45) is 3.32. The lowest BCUT2D eigenvalue weighted by atomic mass is 10.1. The van der Waals surface area contributed by atoms with E-state index >= 15 is 0 Å². The molecule has 2 amide bonds. The van der Waals surface area contributed by atoms with Crippen LogP contribution < -0.4 is 10.6 Å². The van der Waals surface area contributed by atoms with Gasteiger partial charge in [-0.05, 0) is 83.8 Å². The number of nitrogens with one attached hydrogen (secondary N) is 2. The number of piperidine rings is 1. The van der Waals surface area contributed by atoms with Gasteiger partial charge in [0, 0.05) is 28.8 Å². The Kier molecular flexibility index (Phi) is 6.58. The molecule has 1 heterocycles. The standard InChI is InChI=1S/C20H20BrN3O2S/c21-17-7-3-2-6-16(17)18(25)23-20(27)22-15-10-8-14(9-11-15)19(26)24-12-4-1-5-13-24/h2-3,6-11H,1,4-5,12-13H2,(H2,22,23,25,27). The van der Waals surface area contributed by atoms with Crippen molar-refractivity contribution in [3.05, 3.63) is 64.1 Å². The zero-order valence-corrected chi connectivity index (χ0v) is 17.1. The predicted octanol–water partition coefficient (Wildman–Crippen LogP) is 4.20. The molecule has 0 bridgehead atoms. The van der Waals surface area contributed by atoms with E-state index in [9.17, 15) is 9.59 Å². The molecule has 0 radical (unpaired) electrons. The second kappa shape index (κ2) is 9.10. The van der Waals surface area contributed by atoms with Gasteiger partial charge < -0.3 is 10.2 Å². The molecule has 140 valence electrons. The van der Waals surface area contributed by atoms with Crippen molar-refractivity contribution < 1.29 is 9.59 Å². The molecule has 1 aliphatic rings. The van der Waals surface area contributed by atoms with Crippen molar-refractivity contribution in [1.29, 1.82) is 0 Å². The van der Waals surface area contributed by atoms with Gasteiger partial charge in [0.2, 0.25) is 0 Å². The van der Waals surface area contributed by atoms with Gasteiger partial charge in [0.15, 0.2) is 5.11 Å². The Hall–Kier alpha value is -2.25. The largest absolute Gasteiger partial charge is 0.339 e. The van der Waals surface area contributed by atoms with E-state index < -0.39 is 0 Å². The van der Waals surface area contributed by atoms with Crippen molar-refractivity contribution in [1.82, 2.24) is 10.2 Å². The fourth-order valence-corrected chi connectivity index (χ4v) is 3.63. The Labute approximate surface area is 172 Å². The molecule has 7 heteroatoms. The van der Waals surface area contributed by atoms with E-state index in [4.69, 9.17) is 12.2 Å². The molecule has 2 aromatic carbocycles. The maximum absolute atomic E-state index is 12.5. The summed E-state index contributed by atoms with van der Waals surface area (Å²) in [6, 6.07) is 14.3. The fourth-order valence-electron chi connectivity index (χ4n) is 2.95. The third-order valence-electron chi connectivity index (χ3n) is 4.38. The molecule has 3 rings (SSSR count). The van der Waals surface area contributed by atoms with Crippen LogP contribution >= 0.6 is 28.1 Å². The summed E-state index contributed by atoms with van der Waals surface area (Å²) in [5.41, 5.74) is 1.87. The first kappa shape index (κ1) is 19.5. The second-order valence-electron chi connectivity index (χ2n) is 6.32. The van der Waals surface area contributed by atoms with Gasteiger partial charge in [-0.2, -0.15) is 0 Å². The highest BCUT2D eigenvalue weighted by atomic mass is 79.9. The minimum Gasteiger partial charge on any atom is -0.339 e. The number of nitrogens with zero attached hydrogens (tertiary/aromatic N) is 1. The molecular weight excluding hydrogens is 426 g/mol. The normalized spacial score (nSPS) is 13.7. The molecule has 0 spiro atoms. The van der Waals surface area contributed by atoms with Gasteiger partial charge in [-0.15, -0.1) is 0 Å². The predicted molar refractivity (Wildman–Crippen MR) is 114 cm³/mol. The van der Waals surface area contributed by atoms with Crippen LogP contribution in [-0.4, -0.2) is 34.9 Å². The number of thiocarbonyl (C=S) groups is 1. The number of amides is 2. The third kappa shape index (κ3) is 5.14. The second-order valence-corrected chi connectivity index (χ2v) is 7.58. The zero-order chi connectivity index (χ0) is 19.2. The number of hydrogen-bond acceptors (Lipinski definition) is 3. The van der Waals surface area contributed by atoms with E-state index in [0.717, 1.165) is 25.9 Å². The van der Waals surface area contributed by atoms with Crippen LogP contribution in [0.1, 0.15) is 40.0 Å². The lowest BCUT2D eigenvalue weighted by molar-refractivity contribution is 0.0724. The number of benzene rings is 2. The highest BCUT2D eigenvalue weighted by molar-refractivity contribution is 9.10. The van der Waals surface area contributed by atoms with Crippen molar-refractivity contribution in [2.24, 2.45) is 0 Å². The average Bonchev–Trinajstić information content (AvgIpc) is 2.69. The zero-order valence-electron chi connectivity index (χ0n) is 14.7. The topological polar surface area (TPSA) is 61.4 Å². The molecule has 5 nitrogen and oxygen atoms in total. The van der Waals surface area contributed by atoms with Crippen LogP contribution in [0.4, 0.5) is 5.69 Å². The molecule has 27 heavy (non-hydrogen) atoms. The van der Waals surface area contributed by atoms with Gasteiger partial charge in [-0.3, -0.25) is 14.9 Å². The van der Waals surface area contributed by atoms with Crippen molar-refractivity contribution in [2.45, 2.75) is 19.3 Å². The van der Waals surface area contributed by atoms with Gasteiger partial charge in [-0.25, -0.2) is 0 Å². The third-order valence-corrected chi connectivity index (χ3v) is 5.27. The highest BCUT2D eigenvalue weighted by Crippen LogP contribution is 2.17. The van der Waals surface area contributed by atoms with Crippen LogP contribution in [-0.2, 0) is 0 Å². The van der Waals surface area contributed by atoms with Gasteiger partial charge >= 0.3 is 0 Å². The van der Waals surface area contributed by atoms with Crippen LogP contribution in [0.15, 0.2) is 53.0 Å². The summed E-state index contributed by atoms with van der Waals surface area (Å²) in [5.74, 6) is -0.233. The van der Waals surface area contributed by atoms with E-state index in [1.807, 2.05) is 11.0 Å². The molecule has 2 aromatic rings. The first-order valence-electron chi connectivity index (χ1n) is 8.81. The summed E-state index contributed by atoms with van der Waals surface area (Å²) >= 11 is 8.56. The SMILES string of the molecule is O=C(NC(=S)Nc1ccc(C(=O)N2CCCCC2)cc1)c1ccccc1Br. The van der Waals surface area contributed by atoms with Crippen molar-refractivity contribution in [3.8, 4) is 0 Å². The van der Waals surface area contributed by atoms with Crippen LogP contribution in [0.3, 0.4) is 0 Å². The lowest BCUT2D eigenvalue weighted by Crippen LogP contribution is -2.35.